The highest BCUT2D eigenvalue weighted by atomic mass is 16.6. The van der Waals surface area contributed by atoms with Crippen LogP contribution in [0.1, 0.15) is 39.7 Å². The molecule has 2 aromatic rings. The zero-order valence-corrected chi connectivity index (χ0v) is 16.7. The molecule has 0 spiro atoms. The lowest BCUT2D eigenvalue weighted by Gasteiger charge is -2.39. The van der Waals surface area contributed by atoms with Crippen LogP contribution in [0, 0.1) is 17.2 Å². The maximum atomic E-state index is 12.2. The molecule has 2 heterocycles. The first-order chi connectivity index (χ1) is 13.2. The lowest BCUT2D eigenvalue weighted by molar-refractivity contribution is 0.0495. The van der Waals surface area contributed by atoms with E-state index in [9.17, 15) is 14.9 Å². The Bertz CT molecular complexity index is 984. The lowest BCUT2D eigenvalue weighted by Crippen LogP contribution is -2.51. The molecule has 0 bridgehead atoms. The lowest BCUT2D eigenvalue weighted by atomic mass is 9.94. The van der Waals surface area contributed by atoms with Crippen molar-refractivity contribution in [2.75, 3.05) is 18.0 Å². The largest absolute Gasteiger partial charge is 0.444 e. The number of hydrogen-bond acceptors (Lipinski definition) is 5. The molecule has 2 N–H and O–H groups in total. The molecule has 0 saturated carbocycles. The number of H-pyrrole nitrogens is 1. The number of nitrogens with one attached hydrogen (secondary N) is 2. The number of benzene rings is 1. The first kappa shape index (κ1) is 19.7. The minimum Gasteiger partial charge on any atom is -0.444 e. The fourth-order valence-corrected chi connectivity index (χ4v) is 3.73. The molecule has 1 aliphatic rings. The van der Waals surface area contributed by atoms with Crippen LogP contribution in [-0.4, -0.2) is 35.8 Å². The van der Waals surface area contributed by atoms with Gasteiger partial charge < -0.3 is 19.9 Å². The standard InChI is InChI=1S/C21H26N4O3/c1-13-9-15(23-20(27)28-21(2,3)4)12-25(11-13)17-7-5-14(10-22)19-16(17)6-8-18(26)24-19/h5-8,13,15H,9,11-12H2,1-4H3,(H,23,27)(H,24,26)/t13-,15+/m0/s1. The average Bonchev–Trinajstić information content (AvgIpc) is 2.58. The molecule has 28 heavy (non-hydrogen) atoms. The van der Waals surface area contributed by atoms with Crippen molar-refractivity contribution in [1.29, 1.82) is 5.26 Å². The number of amides is 1. The number of carbonyl (C=O) groups excluding carboxylic acids is 1. The van der Waals surface area contributed by atoms with Gasteiger partial charge >= 0.3 is 6.09 Å². The number of anilines is 1. The Morgan fingerprint density at radius 3 is 2.71 bits per heavy atom. The van der Waals surface area contributed by atoms with Crippen LogP contribution in [0.5, 0.6) is 0 Å². The predicted octanol–water partition coefficient (Wildman–Crippen LogP) is 3.14. The first-order valence-electron chi connectivity index (χ1n) is 9.47. The zero-order valence-electron chi connectivity index (χ0n) is 16.7. The third-order valence-corrected chi connectivity index (χ3v) is 4.71. The average molecular weight is 382 g/mol. The van der Waals surface area contributed by atoms with Gasteiger partial charge in [-0.25, -0.2) is 4.79 Å². The van der Waals surface area contributed by atoms with Gasteiger partial charge in [-0.15, -0.1) is 0 Å². The van der Waals surface area contributed by atoms with E-state index in [-0.39, 0.29) is 11.6 Å². The van der Waals surface area contributed by atoms with Crippen LogP contribution < -0.4 is 15.8 Å². The van der Waals surface area contributed by atoms with Crippen LogP contribution in [0.25, 0.3) is 10.9 Å². The van der Waals surface area contributed by atoms with Gasteiger partial charge in [0.25, 0.3) is 0 Å². The molecular weight excluding hydrogens is 356 g/mol. The summed E-state index contributed by atoms with van der Waals surface area (Å²) in [6.45, 7) is 9.12. The highest BCUT2D eigenvalue weighted by molar-refractivity contribution is 5.95. The van der Waals surface area contributed by atoms with Crippen LogP contribution in [0.2, 0.25) is 0 Å². The number of aromatic nitrogens is 1. The Morgan fingerprint density at radius 1 is 1.29 bits per heavy atom. The fraction of sp³-hybridized carbons (Fsp3) is 0.476. The number of pyridine rings is 1. The first-order valence-corrected chi connectivity index (χ1v) is 9.47. The summed E-state index contributed by atoms with van der Waals surface area (Å²) in [4.78, 5) is 28.9. The van der Waals surface area contributed by atoms with Crippen LogP contribution in [0.4, 0.5) is 10.5 Å². The molecule has 1 amide bonds. The number of alkyl carbamates (subject to hydrolysis) is 1. The molecule has 3 rings (SSSR count). The Morgan fingerprint density at radius 2 is 2.04 bits per heavy atom. The monoisotopic (exact) mass is 382 g/mol. The number of hydrogen-bond donors (Lipinski definition) is 2. The van der Waals surface area contributed by atoms with Gasteiger partial charge in [0.05, 0.1) is 11.1 Å². The third kappa shape index (κ3) is 4.45. The highest BCUT2D eigenvalue weighted by Crippen LogP contribution is 2.31. The zero-order chi connectivity index (χ0) is 20.5. The SMILES string of the molecule is C[C@H]1C[C@@H](NC(=O)OC(C)(C)C)CN(c2ccc(C#N)c3[nH]c(=O)ccc23)C1. The van der Waals surface area contributed by atoms with E-state index < -0.39 is 11.7 Å². The van der Waals surface area contributed by atoms with E-state index in [1.165, 1.54) is 6.07 Å². The van der Waals surface area contributed by atoms with Crippen molar-refractivity contribution in [3.05, 3.63) is 40.2 Å². The van der Waals surface area contributed by atoms with Crippen molar-refractivity contribution in [1.82, 2.24) is 10.3 Å². The van der Waals surface area contributed by atoms with E-state index in [1.807, 2.05) is 26.8 Å². The van der Waals surface area contributed by atoms with Gasteiger partial charge in [0, 0.05) is 36.3 Å². The Hall–Kier alpha value is -3.01. The molecule has 0 radical (unpaired) electrons. The summed E-state index contributed by atoms with van der Waals surface area (Å²) in [6, 6.07) is 8.93. The van der Waals surface area contributed by atoms with Gasteiger partial charge in [-0.05, 0) is 51.3 Å². The van der Waals surface area contributed by atoms with Crippen molar-refractivity contribution in [2.24, 2.45) is 5.92 Å². The maximum Gasteiger partial charge on any atom is 0.407 e. The Kier molecular flexibility index (Phi) is 5.32. The van der Waals surface area contributed by atoms with E-state index >= 15 is 0 Å². The summed E-state index contributed by atoms with van der Waals surface area (Å²) in [5, 5.41) is 13.2. The number of piperidine rings is 1. The number of carbonyl (C=O) groups is 1. The number of rotatable bonds is 2. The van der Waals surface area contributed by atoms with Crippen molar-refractivity contribution in [3.63, 3.8) is 0 Å². The Labute approximate surface area is 164 Å². The van der Waals surface area contributed by atoms with Gasteiger partial charge in [0.1, 0.15) is 11.7 Å². The van der Waals surface area contributed by atoms with Crippen LogP contribution in [-0.2, 0) is 4.74 Å². The van der Waals surface area contributed by atoms with Crippen molar-refractivity contribution in [2.45, 2.75) is 45.8 Å². The van der Waals surface area contributed by atoms with Crippen LogP contribution in [0.15, 0.2) is 29.1 Å². The smallest absolute Gasteiger partial charge is 0.407 e. The summed E-state index contributed by atoms with van der Waals surface area (Å²) in [7, 11) is 0. The summed E-state index contributed by atoms with van der Waals surface area (Å²) >= 11 is 0. The van der Waals surface area contributed by atoms with E-state index in [0.29, 0.717) is 23.5 Å². The van der Waals surface area contributed by atoms with E-state index in [2.05, 4.69) is 28.2 Å². The number of fused-ring (bicyclic) bond motifs is 1. The quantitative estimate of drug-likeness (QED) is 0.831. The molecule has 148 valence electrons. The van der Waals surface area contributed by atoms with Crippen molar-refractivity contribution >= 4 is 22.7 Å². The van der Waals surface area contributed by atoms with Crippen molar-refractivity contribution < 1.29 is 9.53 Å². The summed E-state index contributed by atoms with van der Waals surface area (Å²) in [5.41, 5.74) is 1.14. The molecule has 1 saturated heterocycles. The molecule has 7 heteroatoms. The van der Waals surface area contributed by atoms with Gasteiger partial charge in [0.15, 0.2) is 0 Å². The topological polar surface area (TPSA) is 98.2 Å². The number of nitrogens with zero attached hydrogens (tertiary/aromatic N) is 2. The molecule has 1 aromatic carbocycles. The van der Waals surface area contributed by atoms with Gasteiger partial charge in [-0.2, -0.15) is 5.26 Å². The minimum absolute atomic E-state index is 0.0490. The third-order valence-electron chi connectivity index (χ3n) is 4.71. The summed E-state index contributed by atoms with van der Waals surface area (Å²) in [5.74, 6) is 0.363. The molecular formula is C21H26N4O3. The van der Waals surface area contributed by atoms with E-state index in [0.717, 1.165) is 24.0 Å². The number of nitriles is 1. The van der Waals surface area contributed by atoms with Gasteiger partial charge in [0.2, 0.25) is 5.56 Å². The molecule has 0 unspecified atom stereocenters. The maximum absolute atomic E-state index is 12.2. The van der Waals surface area contributed by atoms with Crippen molar-refractivity contribution in [3.8, 4) is 6.07 Å². The predicted molar refractivity (Wildman–Crippen MR) is 108 cm³/mol. The van der Waals surface area contributed by atoms with E-state index in [1.54, 1.807) is 12.1 Å². The van der Waals surface area contributed by atoms with Crippen LogP contribution in [0.3, 0.4) is 0 Å². The Balaban J connectivity index is 1.88. The molecule has 2 atom stereocenters. The van der Waals surface area contributed by atoms with E-state index in [4.69, 9.17) is 4.74 Å². The highest BCUT2D eigenvalue weighted by Gasteiger charge is 2.28. The number of aromatic amines is 1. The molecule has 0 aliphatic carbocycles. The molecule has 7 nitrogen and oxygen atoms in total. The fourth-order valence-electron chi connectivity index (χ4n) is 3.73. The normalized spacial score (nSPS) is 19.9. The summed E-state index contributed by atoms with van der Waals surface area (Å²) < 4.78 is 5.39. The second-order valence-corrected chi connectivity index (χ2v) is 8.44. The van der Waals surface area contributed by atoms with Crippen LogP contribution >= 0.6 is 0 Å². The number of ether oxygens (including phenoxy) is 1. The van der Waals surface area contributed by atoms with Gasteiger partial charge in [-0.3, -0.25) is 4.79 Å². The molecule has 1 aliphatic heterocycles. The minimum atomic E-state index is -0.542. The second kappa shape index (κ2) is 7.55. The molecule has 1 aromatic heterocycles. The molecule has 1 fully saturated rings. The summed E-state index contributed by atoms with van der Waals surface area (Å²) in [6.07, 6.45) is 0.446. The second-order valence-electron chi connectivity index (χ2n) is 8.44. The van der Waals surface area contributed by atoms with Gasteiger partial charge in [-0.1, -0.05) is 6.92 Å².